The fourth-order valence-corrected chi connectivity index (χ4v) is 5.41. The molecule has 0 radical (unpaired) electrons. The lowest BCUT2D eigenvalue weighted by Gasteiger charge is -2.13. The second kappa shape index (κ2) is 9.58. The SMILES string of the molecule is C[n+]1ccn(-c2cccc(-n3c[n+](-c4c(-c5ccccc5)cccc4-c4ccccc4)c4ccccc43)c2)c1. The molecule has 4 nitrogen and oxygen atoms in total. The van der Waals surface area contributed by atoms with Crippen LogP contribution in [0.2, 0.25) is 0 Å². The van der Waals surface area contributed by atoms with Crippen molar-refractivity contribution in [1.29, 1.82) is 0 Å². The Bertz CT molecular complexity index is 1860. The van der Waals surface area contributed by atoms with Gasteiger partial charge < -0.3 is 0 Å². The summed E-state index contributed by atoms with van der Waals surface area (Å²) in [6.07, 6.45) is 8.44. The van der Waals surface area contributed by atoms with Crippen LogP contribution < -0.4 is 9.13 Å². The molecule has 4 heteroatoms. The van der Waals surface area contributed by atoms with E-state index in [1.807, 2.05) is 7.05 Å². The molecule has 0 aliphatic heterocycles. The fourth-order valence-electron chi connectivity index (χ4n) is 5.41. The summed E-state index contributed by atoms with van der Waals surface area (Å²) < 4.78 is 8.83. The third-order valence-corrected chi connectivity index (χ3v) is 7.25. The first kappa shape index (κ1) is 22.9. The predicted octanol–water partition coefficient (Wildman–Crippen LogP) is 6.86. The van der Waals surface area contributed by atoms with E-state index < -0.39 is 0 Å². The first-order valence-corrected chi connectivity index (χ1v) is 13.2. The highest BCUT2D eigenvalue weighted by atomic mass is 15.1. The van der Waals surface area contributed by atoms with Gasteiger partial charge in [0.25, 0.3) is 6.33 Å². The van der Waals surface area contributed by atoms with Crippen LogP contribution in [-0.4, -0.2) is 9.13 Å². The van der Waals surface area contributed by atoms with Gasteiger partial charge in [-0.3, -0.25) is 0 Å². The maximum atomic E-state index is 2.35. The van der Waals surface area contributed by atoms with Gasteiger partial charge in [0.2, 0.25) is 6.33 Å². The van der Waals surface area contributed by atoms with Crippen LogP contribution in [0.5, 0.6) is 0 Å². The van der Waals surface area contributed by atoms with Gasteiger partial charge in [0.15, 0.2) is 11.0 Å². The van der Waals surface area contributed by atoms with Gasteiger partial charge in [-0.15, -0.1) is 0 Å². The van der Waals surface area contributed by atoms with Crippen molar-refractivity contribution in [3.8, 4) is 39.3 Å². The van der Waals surface area contributed by atoms with Gasteiger partial charge in [0.05, 0.1) is 7.05 Å². The molecule has 5 aromatic carbocycles. The summed E-state index contributed by atoms with van der Waals surface area (Å²) in [7, 11) is 2.04. The smallest absolute Gasteiger partial charge is 0.239 e. The monoisotopic (exact) mass is 504 g/mol. The highest BCUT2D eigenvalue weighted by Crippen LogP contribution is 2.34. The maximum absolute atomic E-state index is 2.35. The zero-order valence-electron chi connectivity index (χ0n) is 21.7. The molecule has 7 rings (SSSR count). The van der Waals surface area contributed by atoms with E-state index in [2.05, 4.69) is 171 Å². The zero-order chi connectivity index (χ0) is 26.2. The molecule has 0 fully saturated rings. The van der Waals surface area contributed by atoms with Gasteiger partial charge in [-0.05, 0) is 35.4 Å². The predicted molar refractivity (Wildman–Crippen MR) is 156 cm³/mol. The zero-order valence-corrected chi connectivity index (χ0v) is 21.7. The first-order chi connectivity index (χ1) is 19.3. The summed E-state index contributed by atoms with van der Waals surface area (Å²) in [5.41, 5.74) is 10.5. The Balaban J connectivity index is 1.50. The van der Waals surface area contributed by atoms with Crippen LogP contribution in [0.4, 0.5) is 0 Å². The minimum Gasteiger partial charge on any atom is -0.239 e. The normalized spacial score (nSPS) is 11.2. The van der Waals surface area contributed by atoms with E-state index >= 15 is 0 Å². The molecule has 0 bridgehead atoms. The standard InChI is InChI=1S/C35H28N4/c1-36-22-23-37(25-36)29-16-10-17-30(24-29)38-26-39(34-21-9-8-20-33(34)38)35-31(27-12-4-2-5-13-27)18-11-19-32(35)28-14-6-3-7-15-28/h2-26H,1H3/q+2. The Morgan fingerprint density at radius 3 is 1.85 bits per heavy atom. The average molecular weight is 505 g/mol. The Hall–Kier alpha value is -5.22. The molecule has 0 spiro atoms. The number of nitrogens with zero attached hydrogens (tertiary/aromatic N) is 4. The Labute approximate surface area is 227 Å². The van der Waals surface area contributed by atoms with Gasteiger partial charge in [-0.25, -0.2) is 9.13 Å². The number of para-hydroxylation sites is 3. The topological polar surface area (TPSA) is 17.6 Å². The molecular formula is C35H28N4+2. The minimum absolute atomic E-state index is 1.11. The maximum Gasteiger partial charge on any atom is 0.255 e. The third kappa shape index (κ3) is 4.12. The molecule has 0 N–H and O–H groups in total. The van der Waals surface area contributed by atoms with Crippen molar-refractivity contribution < 1.29 is 9.13 Å². The van der Waals surface area contributed by atoms with Gasteiger partial charge in [0.1, 0.15) is 29.5 Å². The van der Waals surface area contributed by atoms with Crippen LogP contribution in [0.25, 0.3) is 50.3 Å². The van der Waals surface area contributed by atoms with E-state index in [0.717, 1.165) is 22.4 Å². The number of hydrogen-bond donors (Lipinski definition) is 0. The second-order valence-electron chi connectivity index (χ2n) is 9.78. The molecule has 0 unspecified atom stereocenters. The lowest BCUT2D eigenvalue weighted by atomic mass is 9.95. The van der Waals surface area contributed by atoms with E-state index in [1.54, 1.807) is 0 Å². The van der Waals surface area contributed by atoms with Crippen LogP contribution in [0, 0.1) is 0 Å². The van der Waals surface area contributed by atoms with Crippen LogP contribution in [0.3, 0.4) is 0 Å². The Kier molecular flexibility index (Phi) is 5.64. The molecule has 0 amide bonds. The fraction of sp³-hybridized carbons (Fsp3) is 0.0286. The molecule has 7 aromatic rings. The molecule has 0 aliphatic carbocycles. The summed E-state index contributed by atoms with van der Waals surface area (Å²) in [5.74, 6) is 0. The first-order valence-electron chi connectivity index (χ1n) is 13.2. The number of aromatic nitrogens is 4. The van der Waals surface area contributed by atoms with Gasteiger partial charge in [-0.1, -0.05) is 97.1 Å². The average Bonchev–Trinajstić information content (AvgIpc) is 3.62. The highest BCUT2D eigenvalue weighted by Gasteiger charge is 2.24. The van der Waals surface area contributed by atoms with Gasteiger partial charge in [-0.2, -0.15) is 9.13 Å². The molecule has 2 aromatic heterocycles. The molecule has 39 heavy (non-hydrogen) atoms. The van der Waals surface area contributed by atoms with Crippen molar-refractivity contribution >= 4 is 11.0 Å². The Morgan fingerprint density at radius 2 is 1.18 bits per heavy atom. The number of imidazole rings is 2. The van der Waals surface area contributed by atoms with Crippen LogP contribution >= 0.6 is 0 Å². The second-order valence-corrected chi connectivity index (χ2v) is 9.78. The van der Waals surface area contributed by atoms with Crippen LogP contribution in [-0.2, 0) is 7.05 Å². The van der Waals surface area contributed by atoms with E-state index in [9.17, 15) is 0 Å². The summed E-state index contributed by atoms with van der Waals surface area (Å²) in [6.45, 7) is 0. The van der Waals surface area contributed by atoms with Crippen LogP contribution in [0.1, 0.15) is 0 Å². The number of hydrogen-bond acceptors (Lipinski definition) is 0. The molecule has 0 saturated carbocycles. The Morgan fingerprint density at radius 1 is 0.564 bits per heavy atom. The largest absolute Gasteiger partial charge is 0.255 e. The number of aryl methyl sites for hydroxylation is 1. The molecule has 0 aliphatic rings. The summed E-state index contributed by atoms with van der Waals surface area (Å²) in [4.78, 5) is 0. The van der Waals surface area contributed by atoms with E-state index in [0.29, 0.717) is 0 Å². The van der Waals surface area contributed by atoms with E-state index in [1.165, 1.54) is 27.9 Å². The van der Waals surface area contributed by atoms with Crippen molar-refractivity contribution in [1.82, 2.24) is 9.13 Å². The van der Waals surface area contributed by atoms with E-state index in [-0.39, 0.29) is 0 Å². The van der Waals surface area contributed by atoms with Crippen molar-refractivity contribution in [3.05, 3.63) is 152 Å². The summed E-state index contributed by atoms with van der Waals surface area (Å²) >= 11 is 0. The summed E-state index contributed by atoms with van der Waals surface area (Å²) in [6, 6.07) is 45.2. The third-order valence-electron chi connectivity index (χ3n) is 7.25. The van der Waals surface area contributed by atoms with Crippen LogP contribution in [0.15, 0.2) is 152 Å². The van der Waals surface area contributed by atoms with Crippen molar-refractivity contribution in [2.24, 2.45) is 7.05 Å². The number of fused-ring (bicyclic) bond motifs is 1. The van der Waals surface area contributed by atoms with Gasteiger partial charge in [0, 0.05) is 17.2 Å². The molecule has 2 heterocycles. The molecule has 186 valence electrons. The minimum atomic E-state index is 1.11. The molecule has 0 atom stereocenters. The van der Waals surface area contributed by atoms with Crippen molar-refractivity contribution in [2.75, 3.05) is 0 Å². The van der Waals surface area contributed by atoms with Crippen molar-refractivity contribution in [3.63, 3.8) is 0 Å². The van der Waals surface area contributed by atoms with Gasteiger partial charge >= 0.3 is 0 Å². The molecule has 0 saturated heterocycles. The van der Waals surface area contributed by atoms with Crippen molar-refractivity contribution in [2.45, 2.75) is 0 Å². The molecular weight excluding hydrogens is 476 g/mol. The summed E-state index contributed by atoms with van der Waals surface area (Å²) in [5, 5.41) is 0. The quantitative estimate of drug-likeness (QED) is 0.228. The lowest BCUT2D eigenvalue weighted by molar-refractivity contribution is -0.670. The highest BCUT2D eigenvalue weighted by molar-refractivity contribution is 5.84. The van der Waals surface area contributed by atoms with E-state index in [4.69, 9.17) is 0 Å². The number of rotatable bonds is 5. The lowest BCUT2D eigenvalue weighted by Crippen LogP contribution is -2.30. The number of benzene rings is 5.